The van der Waals surface area contributed by atoms with Gasteiger partial charge in [-0.15, -0.1) is 0 Å². The molecule has 0 amide bonds. The number of aliphatic hydroxyl groups is 1. The van der Waals surface area contributed by atoms with Crippen molar-refractivity contribution in [3.63, 3.8) is 0 Å². The molecule has 0 aliphatic rings. The summed E-state index contributed by atoms with van der Waals surface area (Å²) >= 11 is 0. The van der Waals surface area contributed by atoms with Gasteiger partial charge >= 0.3 is 0 Å². The Labute approximate surface area is 129 Å². The lowest BCUT2D eigenvalue weighted by Gasteiger charge is -2.11. The standard InChI is InChI=1S/C17H19NO4/c19-11-5-4-8-15-9-10-16(18(20)21)12-17(15)22-13-14-6-2-1-3-7-14/h1-3,6-7,9-10,12,19H,4-5,8,11,13H2. The van der Waals surface area contributed by atoms with Crippen LogP contribution in [0.4, 0.5) is 5.69 Å². The van der Waals surface area contributed by atoms with Crippen molar-refractivity contribution in [2.24, 2.45) is 0 Å². The fraction of sp³-hybridized carbons (Fsp3) is 0.294. The van der Waals surface area contributed by atoms with Crippen LogP contribution in [0, 0.1) is 10.1 Å². The number of benzene rings is 2. The molecule has 0 atom stereocenters. The third-order valence-corrected chi connectivity index (χ3v) is 3.35. The van der Waals surface area contributed by atoms with Crippen molar-refractivity contribution in [3.05, 3.63) is 69.8 Å². The summed E-state index contributed by atoms with van der Waals surface area (Å²) in [6.07, 6.45) is 2.24. The molecule has 0 radical (unpaired) electrons. The second kappa shape index (κ2) is 8.14. The van der Waals surface area contributed by atoms with Gasteiger partial charge in [0.15, 0.2) is 0 Å². The van der Waals surface area contributed by atoms with Crippen LogP contribution in [0.5, 0.6) is 5.75 Å². The average Bonchev–Trinajstić information content (AvgIpc) is 2.54. The van der Waals surface area contributed by atoms with E-state index in [9.17, 15) is 10.1 Å². The third kappa shape index (κ3) is 4.56. The van der Waals surface area contributed by atoms with Gasteiger partial charge in [0.1, 0.15) is 12.4 Å². The zero-order valence-electron chi connectivity index (χ0n) is 12.3. The van der Waals surface area contributed by atoms with Gasteiger partial charge in [-0.25, -0.2) is 0 Å². The number of non-ortho nitro benzene ring substituents is 1. The van der Waals surface area contributed by atoms with Crippen LogP contribution >= 0.6 is 0 Å². The Bertz CT molecular complexity index is 613. The molecule has 1 N–H and O–H groups in total. The molecule has 2 aromatic carbocycles. The first-order chi connectivity index (χ1) is 10.7. The van der Waals surface area contributed by atoms with Crippen molar-refractivity contribution >= 4 is 5.69 Å². The molecule has 116 valence electrons. The Hall–Kier alpha value is -2.40. The van der Waals surface area contributed by atoms with E-state index in [1.807, 2.05) is 30.3 Å². The van der Waals surface area contributed by atoms with Crippen LogP contribution in [0.2, 0.25) is 0 Å². The van der Waals surface area contributed by atoms with Crippen molar-refractivity contribution in [2.75, 3.05) is 6.61 Å². The molecule has 2 rings (SSSR count). The van der Waals surface area contributed by atoms with Gasteiger partial charge in [0.2, 0.25) is 0 Å². The monoisotopic (exact) mass is 301 g/mol. The molecular weight excluding hydrogens is 282 g/mol. The number of nitrogens with zero attached hydrogens (tertiary/aromatic N) is 1. The van der Waals surface area contributed by atoms with E-state index >= 15 is 0 Å². The SMILES string of the molecule is O=[N+]([O-])c1ccc(CCCCO)c(OCc2ccccc2)c1. The maximum atomic E-state index is 10.9. The summed E-state index contributed by atoms with van der Waals surface area (Å²) in [7, 11) is 0. The molecule has 0 saturated carbocycles. The quantitative estimate of drug-likeness (QED) is 0.460. The fourth-order valence-corrected chi connectivity index (χ4v) is 2.16. The van der Waals surface area contributed by atoms with Crippen LogP contribution in [0.25, 0.3) is 0 Å². The number of nitro groups is 1. The first-order valence-corrected chi connectivity index (χ1v) is 7.25. The third-order valence-electron chi connectivity index (χ3n) is 3.35. The minimum absolute atomic E-state index is 0.0222. The first kappa shape index (κ1) is 16.0. The highest BCUT2D eigenvalue weighted by molar-refractivity contribution is 5.44. The van der Waals surface area contributed by atoms with Crippen molar-refractivity contribution in [1.82, 2.24) is 0 Å². The van der Waals surface area contributed by atoms with Crippen LogP contribution in [-0.2, 0) is 13.0 Å². The van der Waals surface area contributed by atoms with Gasteiger partial charge in [-0.2, -0.15) is 0 Å². The molecule has 0 fully saturated rings. The van der Waals surface area contributed by atoms with E-state index in [4.69, 9.17) is 9.84 Å². The summed E-state index contributed by atoms with van der Waals surface area (Å²) in [5.74, 6) is 0.538. The lowest BCUT2D eigenvalue weighted by molar-refractivity contribution is -0.385. The number of aliphatic hydroxyl groups excluding tert-OH is 1. The molecular formula is C17H19NO4. The van der Waals surface area contributed by atoms with E-state index in [1.54, 1.807) is 6.07 Å². The number of unbranched alkanes of at least 4 members (excludes halogenated alkanes) is 1. The minimum atomic E-state index is -0.424. The highest BCUT2D eigenvalue weighted by Crippen LogP contribution is 2.27. The summed E-state index contributed by atoms with van der Waals surface area (Å²) < 4.78 is 5.78. The fourth-order valence-electron chi connectivity index (χ4n) is 2.16. The average molecular weight is 301 g/mol. The van der Waals surface area contributed by atoms with Gasteiger partial charge < -0.3 is 9.84 Å². The largest absolute Gasteiger partial charge is 0.488 e. The van der Waals surface area contributed by atoms with E-state index in [1.165, 1.54) is 12.1 Å². The Morgan fingerprint density at radius 1 is 1.09 bits per heavy atom. The number of nitro benzene ring substituents is 1. The van der Waals surface area contributed by atoms with Gasteiger partial charge in [0.25, 0.3) is 5.69 Å². The van der Waals surface area contributed by atoms with Gasteiger partial charge in [-0.05, 0) is 36.5 Å². The summed E-state index contributed by atoms with van der Waals surface area (Å²) in [5, 5.41) is 19.8. The molecule has 0 aromatic heterocycles. The highest BCUT2D eigenvalue weighted by Gasteiger charge is 2.12. The van der Waals surface area contributed by atoms with Gasteiger partial charge in [0, 0.05) is 12.7 Å². The number of hydrogen-bond donors (Lipinski definition) is 1. The Morgan fingerprint density at radius 3 is 2.55 bits per heavy atom. The zero-order valence-corrected chi connectivity index (χ0v) is 12.3. The molecule has 0 spiro atoms. The molecule has 0 unspecified atom stereocenters. The molecule has 0 saturated heterocycles. The van der Waals surface area contributed by atoms with Crippen LogP contribution in [-0.4, -0.2) is 16.6 Å². The van der Waals surface area contributed by atoms with E-state index < -0.39 is 4.92 Å². The first-order valence-electron chi connectivity index (χ1n) is 7.25. The molecule has 0 heterocycles. The van der Waals surface area contributed by atoms with Crippen LogP contribution in [0.1, 0.15) is 24.0 Å². The summed E-state index contributed by atoms with van der Waals surface area (Å²) in [4.78, 5) is 10.5. The van der Waals surface area contributed by atoms with Crippen molar-refractivity contribution < 1.29 is 14.8 Å². The predicted octanol–water partition coefficient (Wildman–Crippen LogP) is 3.49. The zero-order chi connectivity index (χ0) is 15.8. The van der Waals surface area contributed by atoms with E-state index in [-0.39, 0.29) is 12.3 Å². The maximum Gasteiger partial charge on any atom is 0.273 e. The molecule has 0 aliphatic heterocycles. The van der Waals surface area contributed by atoms with Crippen molar-refractivity contribution in [1.29, 1.82) is 0 Å². The highest BCUT2D eigenvalue weighted by atomic mass is 16.6. The van der Waals surface area contributed by atoms with Crippen LogP contribution in [0.3, 0.4) is 0 Å². The maximum absolute atomic E-state index is 10.9. The van der Waals surface area contributed by atoms with E-state index in [2.05, 4.69) is 0 Å². The molecule has 5 nitrogen and oxygen atoms in total. The molecule has 0 bridgehead atoms. The summed E-state index contributed by atoms with van der Waals surface area (Å²) in [6.45, 7) is 0.516. The Kier molecular flexibility index (Phi) is 5.91. The summed E-state index contributed by atoms with van der Waals surface area (Å²) in [6, 6.07) is 14.4. The Morgan fingerprint density at radius 2 is 1.86 bits per heavy atom. The van der Waals surface area contributed by atoms with Crippen molar-refractivity contribution in [3.8, 4) is 5.75 Å². The predicted molar refractivity (Wildman–Crippen MR) is 83.9 cm³/mol. The van der Waals surface area contributed by atoms with Gasteiger partial charge in [-0.1, -0.05) is 30.3 Å². The second-order valence-electron chi connectivity index (χ2n) is 5.00. The van der Waals surface area contributed by atoms with Gasteiger partial charge in [-0.3, -0.25) is 10.1 Å². The van der Waals surface area contributed by atoms with E-state index in [0.29, 0.717) is 18.8 Å². The topological polar surface area (TPSA) is 72.6 Å². The number of hydrogen-bond acceptors (Lipinski definition) is 4. The minimum Gasteiger partial charge on any atom is -0.488 e. The van der Waals surface area contributed by atoms with Gasteiger partial charge in [0.05, 0.1) is 11.0 Å². The molecule has 2 aromatic rings. The number of rotatable bonds is 8. The van der Waals surface area contributed by atoms with Crippen LogP contribution < -0.4 is 4.74 Å². The number of ether oxygens (including phenoxy) is 1. The smallest absolute Gasteiger partial charge is 0.273 e. The Balaban J connectivity index is 2.13. The van der Waals surface area contributed by atoms with Crippen LogP contribution in [0.15, 0.2) is 48.5 Å². The normalized spacial score (nSPS) is 10.4. The van der Waals surface area contributed by atoms with Crippen molar-refractivity contribution in [2.45, 2.75) is 25.9 Å². The lowest BCUT2D eigenvalue weighted by atomic mass is 10.1. The summed E-state index contributed by atoms with van der Waals surface area (Å²) in [5.41, 5.74) is 1.96. The second-order valence-corrected chi connectivity index (χ2v) is 5.00. The molecule has 0 aliphatic carbocycles. The molecule has 22 heavy (non-hydrogen) atoms. The molecule has 5 heteroatoms. The van der Waals surface area contributed by atoms with E-state index in [0.717, 1.165) is 24.0 Å². The number of aryl methyl sites for hydroxylation is 1. The lowest BCUT2D eigenvalue weighted by Crippen LogP contribution is -2.00.